The largest absolute Gasteiger partial charge is 0.306 e. The van der Waals surface area contributed by atoms with Gasteiger partial charge in [0, 0.05) is 11.6 Å². The molecule has 3 rings (SSSR count). The van der Waals surface area contributed by atoms with Gasteiger partial charge in [-0.2, -0.15) is 0 Å². The van der Waals surface area contributed by atoms with Crippen LogP contribution < -0.4 is 0 Å². The summed E-state index contributed by atoms with van der Waals surface area (Å²) in [6.07, 6.45) is 1.39. The van der Waals surface area contributed by atoms with Crippen LogP contribution in [0.5, 0.6) is 0 Å². The molecular weight excluding hydrogens is 338 g/mol. The van der Waals surface area contributed by atoms with Crippen LogP contribution in [0, 0.1) is 17.6 Å². The van der Waals surface area contributed by atoms with Crippen LogP contribution in [0.3, 0.4) is 0 Å². The maximum absolute atomic E-state index is 13.7. The first kappa shape index (κ1) is 18.3. The van der Waals surface area contributed by atoms with E-state index in [0.29, 0.717) is 11.4 Å². The molecule has 6 heteroatoms. The van der Waals surface area contributed by atoms with E-state index in [9.17, 15) is 18.4 Å². The van der Waals surface area contributed by atoms with E-state index in [0.717, 1.165) is 44.1 Å². The van der Waals surface area contributed by atoms with Crippen molar-refractivity contribution in [3.63, 3.8) is 0 Å². The Morgan fingerprint density at radius 1 is 1.15 bits per heavy atom. The molecule has 0 bridgehead atoms. The molecule has 0 aliphatic carbocycles. The number of nitrogens with zero attached hydrogens (tertiary/aromatic N) is 2. The Kier molecular flexibility index (Phi) is 5.52. The Balaban J connectivity index is 1.74. The lowest BCUT2D eigenvalue weighted by molar-refractivity contribution is 0.0850. The number of piperidine rings is 1. The van der Waals surface area contributed by atoms with E-state index in [1.54, 1.807) is 18.2 Å². The fourth-order valence-electron chi connectivity index (χ4n) is 3.17. The Labute approximate surface area is 150 Å². The first-order chi connectivity index (χ1) is 12.4. The van der Waals surface area contributed by atoms with E-state index in [1.165, 1.54) is 0 Å². The lowest BCUT2D eigenvalue weighted by Crippen LogP contribution is -2.33. The number of rotatable bonds is 5. The number of Topliss-reactive ketones (excluding diaryl/α,β-unsaturated/α-hetero) is 2. The molecular formula is C20H20F2N2O2. The highest BCUT2D eigenvalue weighted by atomic mass is 19.1. The maximum atomic E-state index is 13.7. The number of carbonyl (C=O) groups is 2. The van der Waals surface area contributed by atoms with Crippen molar-refractivity contribution in [3.05, 3.63) is 65.0 Å². The molecule has 1 aromatic heterocycles. The molecule has 0 unspecified atom stereocenters. The van der Waals surface area contributed by atoms with Crippen LogP contribution >= 0.6 is 0 Å². The summed E-state index contributed by atoms with van der Waals surface area (Å²) in [5.41, 5.74) is 0.390. The summed E-state index contributed by atoms with van der Waals surface area (Å²) in [6.45, 7) is 1.74. The Morgan fingerprint density at radius 2 is 1.88 bits per heavy atom. The van der Waals surface area contributed by atoms with Crippen LogP contribution in [0.2, 0.25) is 0 Å². The zero-order valence-corrected chi connectivity index (χ0v) is 14.5. The molecule has 0 saturated carbocycles. The molecule has 2 heterocycles. The highest BCUT2D eigenvalue weighted by molar-refractivity contribution is 5.98. The van der Waals surface area contributed by atoms with Crippen LogP contribution in [-0.2, 0) is 6.42 Å². The van der Waals surface area contributed by atoms with E-state index in [-0.39, 0.29) is 23.7 Å². The van der Waals surface area contributed by atoms with Crippen molar-refractivity contribution < 1.29 is 18.4 Å². The minimum absolute atomic E-state index is 0.0238. The van der Waals surface area contributed by atoms with Crippen molar-refractivity contribution in [1.82, 2.24) is 9.88 Å². The van der Waals surface area contributed by atoms with Crippen molar-refractivity contribution in [3.8, 4) is 0 Å². The van der Waals surface area contributed by atoms with E-state index >= 15 is 0 Å². The van der Waals surface area contributed by atoms with Crippen LogP contribution in [0.4, 0.5) is 8.78 Å². The number of ketones is 2. The molecule has 0 atom stereocenters. The number of hydrogen-bond acceptors (Lipinski definition) is 4. The minimum Gasteiger partial charge on any atom is -0.306 e. The van der Waals surface area contributed by atoms with E-state index in [1.807, 2.05) is 7.05 Å². The van der Waals surface area contributed by atoms with Gasteiger partial charge in [0.2, 0.25) is 0 Å². The minimum atomic E-state index is -0.769. The summed E-state index contributed by atoms with van der Waals surface area (Å²) in [5.74, 6) is -2.10. The fraction of sp³-hybridized carbons (Fsp3) is 0.350. The van der Waals surface area contributed by atoms with Crippen molar-refractivity contribution in [2.24, 2.45) is 5.92 Å². The van der Waals surface area contributed by atoms with Crippen molar-refractivity contribution >= 4 is 11.6 Å². The molecule has 1 aromatic carbocycles. The van der Waals surface area contributed by atoms with Gasteiger partial charge in [0.25, 0.3) is 0 Å². The van der Waals surface area contributed by atoms with Crippen LogP contribution in [0.25, 0.3) is 0 Å². The zero-order valence-electron chi connectivity index (χ0n) is 14.5. The monoisotopic (exact) mass is 358 g/mol. The van der Waals surface area contributed by atoms with Crippen LogP contribution in [-0.4, -0.2) is 41.6 Å². The third kappa shape index (κ3) is 4.19. The van der Waals surface area contributed by atoms with Crippen molar-refractivity contribution in [2.45, 2.75) is 19.3 Å². The van der Waals surface area contributed by atoms with Gasteiger partial charge in [0.15, 0.2) is 11.6 Å². The molecule has 0 radical (unpaired) electrons. The predicted molar refractivity (Wildman–Crippen MR) is 93.2 cm³/mol. The molecule has 4 nitrogen and oxygen atoms in total. The first-order valence-electron chi connectivity index (χ1n) is 8.61. The SMILES string of the molecule is CN1CCC(C(=O)c2cccc(CC(=O)c3cc(F)ccc3F)n2)CC1. The normalized spacial score (nSPS) is 15.8. The van der Waals surface area contributed by atoms with Gasteiger partial charge >= 0.3 is 0 Å². The van der Waals surface area contributed by atoms with Gasteiger partial charge in [-0.05, 0) is 63.3 Å². The second-order valence-electron chi connectivity index (χ2n) is 6.68. The Morgan fingerprint density at radius 3 is 2.62 bits per heavy atom. The van der Waals surface area contributed by atoms with E-state index in [4.69, 9.17) is 0 Å². The summed E-state index contributed by atoms with van der Waals surface area (Å²) < 4.78 is 27.0. The van der Waals surface area contributed by atoms with Gasteiger partial charge in [-0.3, -0.25) is 9.59 Å². The third-order valence-electron chi connectivity index (χ3n) is 4.72. The first-order valence-corrected chi connectivity index (χ1v) is 8.61. The van der Waals surface area contributed by atoms with Gasteiger partial charge in [0.1, 0.15) is 17.3 Å². The number of benzene rings is 1. The Hall–Kier alpha value is -2.47. The molecule has 136 valence electrons. The maximum Gasteiger partial charge on any atom is 0.184 e. The number of carbonyl (C=O) groups excluding carboxylic acids is 2. The number of pyridine rings is 1. The molecule has 2 aromatic rings. The average Bonchev–Trinajstić information content (AvgIpc) is 2.64. The molecule has 0 spiro atoms. The average molecular weight is 358 g/mol. The number of likely N-dealkylation sites (tertiary alicyclic amines) is 1. The predicted octanol–water partition coefficient (Wildman–Crippen LogP) is 3.31. The summed E-state index contributed by atoms with van der Waals surface area (Å²) in [7, 11) is 2.02. The third-order valence-corrected chi connectivity index (χ3v) is 4.72. The molecule has 1 fully saturated rings. The number of aromatic nitrogens is 1. The molecule has 1 saturated heterocycles. The molecule has 1 aliphatic rings. The topological polar surface area (TPSA) is 50.3 Å². The summed E-state index contributed by atoms with van der Waals surface area (Å²) >= 11 is 0. The molecule has 0 amide bonds. The lowest BCUT2D eigenvalue weighted by atomic mass is 9.91. The van der Waals surface area contributed by atoms with Gasteiger partial charge in [-0.1, -0.05) is 6.07 Å². The van der Waals surface area contributed by atoms with Gasteiger partial charge < -0.3 is 4.90 Å². The summed E-state index contributed by atoms with van der Waals surface area (Å²) in [6, 6.07) is 7.68. The van der Waals surface area contributed by atoms with E-state index in [2.05, 4.69) is 9.88 Å². The lowest BCUT2D eigenvalue weighted by Gasteiger charge is -2.27. The second kappa shape index (κ2) is 7.83. The number of halogens is 2. The van der Waals surface area contributed by atoms with Crippen molar-refractivity contribution in [1.29, 1.82) is 0 Å². The van der Waals surface area contributed by atoms with Gasteiger partial charge in [0.05, 0.1) is 12.0 Å². The number of hydrogen-bond donors (Lipinski definition) is 0. The quantitative estimate of drug-likeness (QED) is 0.770. The van der Waals surface area contributed by atoms with E-state index < -0.39 is 17.4 Å². The van der Waals surface area contributed by atoms with Crippen LogP contribution in [0.15, 0.2) is 36.4 Å². The molecule has 0 N–H and O–H groups in total. The zero-order chi connectivity index (χ0) is 18.7. The summed E-state index contributed by atoms with van der Waals surface area (Å²) in [4.78, 5) is 31.4. The van der Waals surface area contributed by atoms with Crippen molar-refractivity contribution in [2.75, 3.05) is 20.1 Å². The standard InChI is InChI=1S/C20H20F2N2O2/c1-24-9-7-13(8-10-24)20(26)18-4-2-3-15(23-18)12-19(25)16-11-14(21)5-6-17(16)22/h2-6,11,13H,7-10,12H2,1H3. The molecule has 26 heavy (non-hydrogen) atoms. The van der Waals surface area contributed by atoms with Crippen LogP contribution in [0.1, 0.15) is 39.4 Å². The summed E-state index contributed by atoms with van der Waals surface area (Å²) in [5, 5.41) is 0. The highest BCUT2D eigenvalue weighted by Gasteiger charge is 2.25. The smallest absolute Gasteiger partial charge is 0.184 e. The fourth-order valence-corrected chi connectivity index (χ4v) is 3.17. The van der Waals surface area contributed by atoms with Gasteiger partial charge in [-0.25, -0.2) is 13.8 Å². The molecule has 1 aliphatic heterocycles. The van der Waals surface area contributed by atoms with Gasteiger partial charge in [-0.15, -0.1) is 0 Å². The highest BCUT2D eigenvalue weighted by Crippen LogP contribution is 2.21. The second-order valence-corrected chi connectivity index (χ2v) is 6.68. The Bertz CT molecular complexity index is 830.